The maximum absolute atomic E-state index is 13.4. The fraction of sp³-hybridized carbons (Fsp3) is 0.453. The molecule has 6 rings (SSSR count). The fourth-order valence-corrected chi connectivity index (χ4v) is 15.9. The first-order chi connectivity index (χ1) is 47.4. The van der Waals surface area contributed by atoms with E-state index in [2.05, 4.69) is 51.4 Å². The number of carbonyl (C=O) groups excluding carboxylic acids is 3. The molecule has 5 atom stereocenters. The number of carboxylic acids is 1. The second kappa shape index (κ2) is 37.2. The summed E-state index contributed by atoms with van der Waals surface area (Å²) in [6.45, 7) is 3.12. The molecule has 1 aromatic heterocycles. The Labute approximate surface area is 580 Å². The third-order valence-corrected chi connectivity index (χ3v) is 22.2. The lowest BCUT2D eigenvalue weighted by atomic mass is 9.89. The molecule has 3 aliphatic rings. The Morgan fingerprint density at radius 2 is 1.52 bits per heavy atom. The van der Waals surface area contributed by atoms with Crippen molar-refractivity contribution in [1.82, 2.24) is 25.5 Å². The minimum Gasteiger partial charge on any atom is -0.478 e. The first-order valence-electron chi connectivity index (χ1n) is 29.2. The van der Waals surface area contributed by atoms with Crippen LogP contribution >= 0.6 is 45.1 Å². The van der Waals surface area contributed by atoms with Gasteiger partial charge in [-0.3, -0.25) is 28.4 Å². The molecule has 1 saturated heterocycles. The zero-order valence-electron chi connectivity index (χ0n) is 53.0. The summed E-state index contributed by atoms with van der Waals surface area (Å²) >= 11 is 0. The molecule has 0 radical (unpaired) electrons. The molecule has 1 aliphatic carbocycles. The van der Waals surface area contributed by atoms with Crippen LogP contribution in [0.5, 0.6) is 0 Å². The van der Waals surface area contributed by atoms with Gasteiger partial charge < -0.3 is 89.7 Å². The van der Waals surface area contributed by atoms with Crippen LogP contribution in [0.4, 0.5) is 21.1 Å². The molecule has 3 aromatic rings. The summed E-state index contributed by atoms with van der Waals surface area (Å²) in [4.78, 5) is 105. The van der Waals surface area contributed by atoms with Crippen molar-refractivity contribution >= 4 is 112 Å². The van der Waals surface area contributed by atoms with Crippen molar-refractivity contribution in [3.05, 3.63) is 91.6 Å². The maximum Gasteiger partial charge on any atom is 0.490 e. The first-order valence-corrected chi connectivity index (χ1v) is 38.9. The normalized spacial score (nSPS) is 16.2. The van der Waals surface area contributed by atoms with Gasteiger partial charge in [0.1, 0.15) is 30.8 Å². The van der Waals surface area contributed by atoms with Crippen LogP contribution in [0.3, 0.4) is 0 Å². The van der Waals surface area contributed by atoms with Gasteiger partial charge in [-0.25, -0.2) is 32.9 Å². The van der Waals surface area contributed by atoms with E-state index in [0.717, 1.165) is 34.9 Å². The van der Waals surface area contributed by atoms with Crippen molar-refractivity contribution in [2.45, 2.75) is 78.9 Å². The summed E-state index contributed by atoms with van der Waals surface area (Å²) < 4.78 is 163. The van der Waals surface area contributed by atoms with Crippen molar-refractivity contribution in [3.8, 4) is 34.3 Å². The number of carbonyl (C=O) groups is 4. The summed E-state index contributed by atoms with van der Waals surface area (Å²) in [5.41, 5.74) is 17.0. The number of ether oxygens (including phenoxy) is 7. The number of aromatic carboxylic acids is 1. The lowest BCUT2D eigenvalue weighted by molar-refractivity contribution is -0.174. The number of nitrogens with zero attached hydrogens (tertiary/aromatic N) is 5. The van der Waals surface area contributed by atoms with E-state index in [1.54, 1.807) is 0 Å². The van der Waals surface area contributed by atoms with Gasteiger partial charge in [-0.2, -0.15) is 30.4 Å². The number of rotatable bonds is 38. The van der Waals surface area contributed by atoms with E-state index in [1.165, 1.54) is 39.9 Å². The Bertz CT molecular complexity index is 4430. The zero-order chi connectivity index (χ0) is 74.5. The summed E-state index contributed by atoms with van der Waals surface area (Å²) in [7, 11) is -24.6. The molecule has 2 aromatic carbocycles. The van der Waals surface area contributed by atoms with Gasteiger partial charge in [0.05, 0.1) is 81.1 Å². The highest BCUT2D eigenvalue weighted by atomic mass is 33.1. The number of nitrogen functional groups attached to an aromatic ring is 2. The van der Waals surface area contributed by atoms with Crippen molar-refractivity contribution in [2.75, 3.05) is 96.6 Å². The van der Waals surface area contributed by atoms with Crippen molar-refractivity contribution < 1.29 is 134 Å². The monoisotopic (exact) mass is 1560 g/mol. The number of amides is 3. The summed E-state index contributed by atoms with van der Waals surface area (Å²) in [6, 6.07) is 7.80. The second-order valence-corrected chi connectivity index (χ2v) is 31.4. The molecule has 48 heteroatoms. The van der Waals surface area contributed by atoms with Crippen LogP contribution in [0, 0.1) is 17.3 Å². The van der Waals surface area contributed by atoms with Crippen LogP contribution < -0.4 is 38.5 Å². The molecule has 101 heavy (non-hydrogen) atoms. The smallest absolute Gasteiger partial charge is 0.478 e. The predicted molar refractivity (Wildman–Crippen MR) is 353 cm³/mol. The summed E-state index contributed by atoms with van der Waals surface area (Å²) in [5.74, 6) is 2.33. The molecular weight excluding hydrogens is 1490 g/mol. The number of phosphoric acid groups is 3. The molecule has 1 fully saturated rings. The van der Waals surface area contributed by atoms with Gasteiger partial charge in [-0.15, -0.1) is 0 Å². The lowest BCUT2D eigenvalue weighted by Gasteiger charge is -2.36. The Hall–Kier alpha value is -7.31. The lowest BCUT2D eigenvalue weighted by Crippen LogP contribution is -2.44. The number of alkyl carbamates (subject to hydrolysis) is 2. The van der Waals surface area contributed by atoms with Gasteiger partial charge in [0.2, 0.25) is 0 Å². The molecule has 0 bridgehead atoms. The van der Waals surface area contributed by atoms with Crippen LogP contribution in [0.2, 0.25) is 0 Å². The topological polar surface area (TPSA) is 630 Å². The van der Waals surface area contributed by atoms with Gasteiger partial charge in [-0.1, -0.05) is 38.5 Å². The molecule has 41 nitrogen and oxygen atoms in total. The highest BCUT2D eigenvalue weighted by molar-refractivity contribution is 8.77. The Kier molecular flexibility index (Phi) is 30.5. The highest BCUT2D eigenvalue weighted by Crippen LogP contribution is 2.66. The van der Waals surface area contributed by atoms with E-state index in [0.29, 0.717) is 31.8 Å². The van der Waals surface area contributed by atoms with Crippen molar-refractivity contribution in [2.24, 2.45) is 5.11 Å². The number of hydrogen-bond donors (Lipinski definition) is 13. The van der Waals surface area contributed by atoms with Crippen LogP contribution in [-0.4, -0.2) is 186 Å². The van der Waals surface area contributed by atoms with Crippen LogP contribution in [0.1, 0.15) is 78.5 Å². The van der Waals surface area contributed by atoms with Gasteiger partial charge in [0, 0.05) is 57.6 Å². The van der Waals surface area contributed by atoms with Crippen molar-refractivity contribution in [3.63, 3.8) is 0 Å². The SMILES string of the molecule is CC(C)(CCOC(=O)NCCOCCOCCNC(=O)c1ccc(C(=O)O)c(-c2c3ccc(=N)c(S(=O)(=O)O)c-3oc3c(S(=O)(=O)O)c(N)ccc23)c1)SSCOCCCCOC(=O)NCC#Cc1cn([C@H]2CCC(OCN=[N+]=[N-])[C@@H](COP(=O)(O)OP(=O)(O)OP(=O)(O)O)O2)c(=O)nc1N. The summed E-state index contributed by atoms with van der Waals surface area (Å²) in [6.07, 6.45) is -2.31. The molecule has 554 valence electrons. The number of anilines is 2. The average molecular weight is 1560 g/mol. The quantitative estimate of drug-likeness (QED) is 0.00215. The van der Waals surface area contributed by atoms with Gasteiger partial charge >= 0.3 is 47.3 Å². The number of azide groups is 1. The minimum atomic E-state index is -5.85. The van der Waals surface area contributed by atoms with Gasteiger partial charge in [-0.05, 0) is 99.5 Å². The zero-order valence-corrected chi connectivity index (χ0v) is 58.9. The van der Waals surface area contributed by atoms with Crippen LogP contribution in [0.25, 0.3) is 43.9 Å². The molecule has 15 N–H and O–H groups in total. The van der Waals surface area contributed by atoms with E-state index < -0.39 is 143 Å². The van der Waals surface area contributed by atoms with Gasteiger partial charge in [0.25, 0.3) is 26.1 Å². The predicted octanol–water partition coefficient (Wildman–Crippen LogP) is 4.84. The first kappa shape index (κ1) is 82.6. The standard InChI is InChI=1S/C53H68N11O30P3S4/c1-53(2,99-98-30-86-19-3-4-20-87-51(69)59-16-5-6-32-27-64(50(68)62-47(32)56)41-14-13-39(89-29-61-63-57)40(91-41)28-90-96(74,75)94-97(76,77)93-95(71,72)73)15-21-88-52(70)60-18-23-85-25-24-84-22-17-58-48(65)31-7-8-33(49(66)67)36(26-31)42-34-9-11-37(54)45(100(78,79)80)43(34)92-44-35(42)10-12-38(55)46(44)101(81,82)83/h7-12,26-27,39-41,54H,3-4,13-25,28-30,55H2,1-2H3,(H,58,65)(H,59,69)(H,60,70)(H,66,67)(H,74,75)(H,76,77)(H2,56,62,68)(H2,71,72,73)(H,78,79,80)(H,81,82,83)/t39?,40-,41-/m1/s1. The fourth-order valence-electron chi connectivity index (χ4n) is 9.10. The maximum atomic E-state index is 13.4. The Morgan fingerprint density at radius 1 is 0.851 bits per heavy atom. The number of aromatic nitrogens is 2. The molecular formula is C53H68N11O30P3S4. The molecule has 3 unspecified atom stereocenters. The number of unbranched alkanes of at least 4 members (excludes halogenated alkanes) is 1. The van der Waals surface area contributed by atoms with E-state index in [-0.39, 0.29) is 116 Å². The number of fused-ring (bicyclic) bond motifs is 2. The van der Waals surface area contributed by atoms with E-state index in [4.69, 9.17) is 74.3 Å². The Morgan fingerprint density at radius 3 is 2.20 bits per heavy atom. The van der Waals surface area contributed by atoms with E-state index >= 15 is 0 Å². The molecule has 0 spiro atoms. The largest absolute Gasteiger partial charge is 0.490 e. The third-order valence-electron chi connectivity index (χ3n) is 13.5. The third kappa shape index (κ3) is 25.9. The number of nitrogens with one attached hydrogen (secondary N) is 4. The minimum absolute atomic E-state index is 0.00520. The second-order valence-electron chi connectivity index (χ2n) is 21.3. The number of nitrogens with two attached hydrogens (primary N) is 2. The number of benzene rings is 3. The molecule has 0 saturated carbocycles. The van der Waals surface area contributed by atoms with Gasteiger partial charge in [0.15, 0.2) is 21.1 Å². The Balaban J connectivity index is 0.814. The number of phosphoric ester groups is 1. The number of carboxylic acid groups (broad SMARTS) is 1. The average Bonchev–Trinajstić information content (AvgIpc) is 0.722. The highest BCUT2D eigenvalue weighted by Gasteiger charge is 2.43. The van der Waals surface area contributed by atoms with Crippen molar-refractivity contribution in [1.29, 1.82) is 5.41 Å². The summed E-state index contributed by atoms with van der Waals surface area (Å²) in [5, 5.41) is 28.3. The molecule has 2 aliphatic heterocycles. The number of hydrogen-bond acceptors (Lipinski definition) is 30. The molecule has 3 amide bonds. The van der Waals surface area contributed by atoms with E-state index in [9.17, 15) is 78.5 Å². The molecule has 3 heterocycles. The van der Waals surface area contributed by atoms with Crippen LogP contribution in [0.15, 0.2) is 72.8 Å². The van der Waals surface area contributed by atoms with E-state index in [1.807, 2.05) is 13.8 Å². The van der Waals surface area contributed by atoms with Crippen LogP contribution in [-0.2, 0) is 80.2 Å².